The van der Waals surface area contributed by atoms with Gasteiger partial charge >= 0.3 is 0 Å². The summed E-state index contributed by atoms with van der Waals surface area (Å²) in [4.78, 5) is 24.3. The van der Waals surface area contributed by atoms with Crippen LogP contribution in [-0.4, -0.2) is 35.1 Å². The Hall–Kier alpha value is -1.07. The molecule has 0 saturated carbocycles. The van der Waals surface area contributed by atoms with Gasteiger partial charge in [-0.1, -0.05) is 27.5 Å². The number of halogens is 2. The van der Waals surface area contributed by atoms with Crippen LogP contribution in [-0.2, 0) is 9.59 Å². The first kappa shape index (κ1) is 15.0. The van der Waals surface area contributed by atoms with E-state index in [0.29, 0.717) is 10.7 Å². The molecule has 1 aromatic carbocycles. The molecule has 18 heavy (non-hydrogen) atoms. The van der Waals surface area contributed by atoms with Gasteiger partial charge in [-0.15, -0.1) is 0 Å². The number of nitrogens with zero attached hydrogens (tertiary/aromatic N) is 1. The molecule has 0 aromatic heterocycles. The maximum atomic E-state index is 11.7. The lowest BCUT2D eigenvalue weighted by Crippen LogP contribution is -2.38. The zero-order valence-corrected chi connectivity index (χ0v) is 12.5. The fourth-order valence-corrected chi connectivity index (χ4v) is 1.81. The van der Waals surface area contributed by atoms with E-state index in [1.807, 2.05) is 0 Å². The van der Waals surface area contributed by atoms with Gasteiger partial charge < -0.3 is 10.2 Å². The molecule has 1 N–H and O–H groups in total. The third kappa shape index (κ3) is 4.66. The zero-order valence-electron chi connectivity index (χ0n) is 10.1. The second-order valence-electron chi connectivity index (χ2n) is 3.87. The molecule has 0 radical (unpaired) electrons. The van der Waals surface area contributed by atoms with Crippen molar-refractivity contribution in [2.24, 2.45) is 0 Å². The van der Waals surface area contributed by atoms with Crippen LogP contribution in [0.4, 0.5) is 5.69 Å². The minimum absolute atomic E-state index is 0.0113. The maximum Gasteiger partial charge on any atom is 0.243 e. The number of anilines is 1. The van der Waals surface area contributed by atoms with Gasteiger partial charge in [-0.05, 0) is 31.2 Å². The molecule has 98 valence electrons. The van der Waals surface area contributed by atoms with Crippen molar-refractivity contribution in [3.05, 3.63) is 29.3 Å². The van der Waals surface area contributed by atoms with Gasteiger partial charge in [0.1, 0.15) is 0 Å². The molecule has 0 aliphatic heterocycles. The Labute approximate surface area is 119 Å². The lowest BCUT2D eigenvalue weighted by atomic mass is 10.3. The normalized spacial score (nSPS) is 11.8. The van der Waals surface area contributed by atoms with Gasteiger partial charge in [0.15, 0.2) is 0 Å². The lowest BCUT2D eigenvalue weighted by molar-refractivity contribution is -0.132. The maximum absolute atomic E-state index is 11.7. The Bertz CT molecular complexity index is 434. The summed E-state index contributed by atoms with van der Waals surface area (Å²) in [5, 5.41) is 3.29. The molecule has 0 saturated heterocycles. The average Bonchev–Trinajstić information content (AvgIpc) is 2.30. The lowest BCUT2D eigenvalue weighted by Gasteiger charge is -2.18. The van der Waals surface area contributed by atoms with E-state index in [0.717, 1.165) is 0 Å². The van der Waals surface area contributed by atoms with Crippen molar-refractivity contribution in [1.82, 2.24) is 4.90 Å². The number of nitrogens with one attached hydrogen (secondary N) is 1. The van der Waals surface area contributed by atoms with Crippen LogP contribution in [0.1, 0.15) is 6.92 Å². The van der Waals surface area contributed by atoms with Crippen LogP contribution >= 0.6 is 27.5 Å². The van der Waals surface area contributed by atoms with Gasteiger partial charge in [-0.25, -0.2) is 0 Å². The van der Waals surface area contributed by atoms with E-state index < -0.39 is 0 Å². The highest BCUT2D eigenvalue weighted by atomic mass is 79.9. The molecule has 6 heteroatoms. The van der Waals surface area contributed by atoms with Gasteiger partial charge in [0.05, 0.1) is 11.4 Å². The van der Waals surface area contributed by atoms with E-state index in [9.17, 15) is 9.59 Å². The summed E-state index contributed by atoms with van der Waals surface area (Å²) >= 11 is 8.91. The second kappa shape index (κ2) is 6.75. The number of hydrogen-bond acceptors (Lipinski definition) is 2. The second-order valence-corrected chi connectivity index (χ2v) is 5.68. The largest absolute Gasteiger partial charge is 0.335 e. The van der Waals surface area contributed by atoms with Crippen LogP contribution in [0, 0.1) is 0 Å². The fourth-order valence-electron chi connectivity index (χ4n) is 1.33. The standard InChI is InChI=1S/C12H14BrClN2O2/c1-8(13)12(18)16(2)7-11(17)15-10-5-3-9(14)4-6-10/h3-6,8H,7H2,1-2H3,(H,15,17). The number of rotatable bonds is 4. The van der Waals surface area contributed by atoms with Crippen molar-refractivity contribution < 1.29 is 9.59 Å². The number of likely N-dealkylation sites (N-methyl/N-ethyl adjacent to an activating group) is 1. The molecule has 2 amide bonds. The summed E-state index contributed by atoms with van der Waals surface area (Å²) < 4.78 is 0. The summed E-state index contributed by atoms with van der Waals surface area (Å²) in [7, 11) is 1.58. The highest BCUT2D eigenvalue weighted by molar-refractivity contribution is 9.10. The van der Waals surface area contributed by atoms with Gasteiger partial charge in [-0.3, -0.25) is 9.59 Å². The number of benzene rings is 1. The molecule has 0 heterocycles. The Morgan fingerprint density at radius 1 is 1.39 bits per heavy atom. The first-order valence-electron chi connectivity index (χ1n) is 5.34. The van der Waals surface area contributed by atoms with E-state index in [4.69, 9.17) is 11.6 Å². The number of amides is 2. The minimum atomic E-state index is -0.300. The SMILES string of the molecule is CC(Br)C(=O)N(C)CC(=O)Nc1ccc(Cl)cc1. The third-order valence-corrected chi connectivity index (χ3v) is 2.87. The number of carbonyl (C=O) groups is 2. The number of carbonyl (C=O) groups excluding carboxylic acids is 2. The Balaban J connectivity index is 2.51. The average molecular weight is 334 g/mol. The van der Waals surface area contributed by atoms with Crippen LogP contribution in [0.2, 0.25) is 5.02 Å². The van der Waals surface area contributed by atoms with Crippen LogP contribution in [0.15, 0.2) is 24.3 Å². The predicted octanol–water partition coefficient (Wildman–Crippen LogP) is 2.52. The summed E-state index contributed by atoms with van der Waals surface area (Å²) in [5.41, 5.74) is 0.650. The van der Waals surface area contributed by atoms with Crippen molar-refractivity contribution in [3.8, 4) is 0 Å². The van der Waals surface area contributed by atoms with Crippen molar-refractivity contribution in [1.29, 1.82) is 0 Å². The summed E-state index contributed by atoms with van der Waals surface area (Å²) in [6.07, 6.45) is 0. The molecule has 0 spiro atoms. The van der Waals surface area contributed by atoms with Crippen molar-refractivity contribution in [2.75, 3.05) is 18.9 Å². The van der Waals surface area contributed by atoms with Crippen molar-refractivity contribution in [2.45, 2.75) is 11.8 Å². The summed E-state index contributed by atoms with van der Waals surface area (Å²) in [5.74, 6) is -0.387. The van der Waals surface area contributed by atoms with E-state index in [1.165, 1.54) is 4.90 Å². The van der Waals surface area contributed by atoms with E-state index in [2.05, 4.69) is 21.2 Å². The molecule has 0 bridgehead atoms. The minimum Gasteiger partial charge on any atom is -0.335 e. The van der Waals surface area contributed by atoms with Crippen molar-refractivity contribution in [3.63, 3.8) is 0 Å². The highest BCUT2D eigenvalue weighted by Crippen LogP contribution is 2.13. The van der Waals surface area contributed by atoms with Crippen molar-refractivity contribution >= 4 is 45.0 Å². The van der Waals surface area contributed by atoms with Gasteiger partial charge in [-0.2, -0.15) is 0 Å². The highest BCUT2D eigenvalue weighted by Gasteiger charge is 2.16. The first-order valence-corrected chi connectivity index (χ1v) is 6.64. The van der Waals surface area contributed by atoms with Gasteiger partial charge in [0.2, 0.25) is 11.8 Å². The predicted molar refractivity (Wildman–Crippen MR) is 76.1 cm³/mol. The number of alkyl halides is 1. The van der Waals surface area contributed by atoms with E-state index >= 15 is 0 Å². The Kier molecular flexibility index (Phi) is 5.62. The Morgan fingerprint density at radius 3 is 2.44 bits per heavy atom. The monoisotopic (exact) mass is 332 g/mol. The van der Waals surface area contributed by atoms with Crippen LogP contribution < -0.4 is 5.32 Å². The van der Waals surface area contributed by atoms with Crippen LogP contribution in [0.5, 0.6) is 0 Å². The molecule has 0 fully saturated rings. The third-order valence-electron chi connectivity index (χ3n) is 2.23. The molecule has 4 nitrogen and oxygen atoms in total. The Morgan fingerprint density at radius 2 is 1.94 bits per heavy atom. The van der Waals surface area contributed by atoms with E-state index in [1.54, 1.807) is 38.2 Å². The summed E-state index contributed by atoms with van der Waals surface area (Å²) in [6, 6.07) is 6.78. The van der Waals surface area contributed by atoms with Gasteiger partial charge in [0, 0.05) is 17.8 Å². The first-order chi connectivity index (χ1) is 8.40. The molecular formula is C12H14BrClN2O2. The van der Waals surface area contributed by atoms with Gasteiger partial charge in [0.25, 0.3) is 0 Å². The quantitative estimate of drug-likeness (QED) is 0.861. The molecule has 1 aromatic rings. The molecule has 0 aliphatic carbocycles. The molecule has 1 rings (SSSR count). The topological polar surface area (TPSA) is 49.4 Å². The smallest absolute Gasteiger partial charge is 0.243 e. The molecule has 1 atom stereocenters. The zero-order chi connectivity index (χ0) is 13.7. The molecule has 0 aliphatic rings. The summed E-state index contributed by atoms with van der Waals surface area (Å²) in [6.45, 7) is 1.73. The number of hydrogen-bond donors (Lipinski definition) is 1. The molecular weight excluding hydrogens is 320 g/mol. The van der Waals surface area contributed by atoms with E-state index in [-0.39, 0.29) is 23.2 Å². The van der Waals surface area contributed by atoms with Crippen LogP contribution in [0.3, 0.4) is 0 Å². The van der Waals surface area contributed by atoms with Crippen LogP contribution in [0.25, 0.3) is 0 Å². The molecule has 1 unspecified atom stereocenters. The fraction of sp³-hybridized carbons (Fsp3) is 0.333.